The smallest absolute Gasteiger partial charge is 0.343 e. The molecule has 0 spiro atoms. The maximum atomic E-state index is 3.60. The van der Waals surface area contributed by atoms with Crippen molar-refractivity contribution in [3.63, 3.8) is 0 Å². The zero-order chi connectivity index (χ0) is 13.1. The maximum Gasteiger partial charge on any atom is 1.00 e. The van der Waals surface area contributed by atoms with E-state index >= 15 is 0 Å². The topological polar surface area (TPSA) is 3.24 Å². The van der Waals surface area contributed by atoms with E-state index in [1.165, 1.54) is 44.3 Å². The van der Waals surface area contributed by atoms with Gasteiger partial charge in [0.05, 0.1) is 0 Å². The van der Waals surface area contributed by atoms with Crippen LogP contribution in [0.15, 0.2) is 30.3 Å². The Morgan fingerprint density at radius 1 is 1.11 bits per heavy atom. The van der Waals surface area contributed by atoms with E-state index in [0.717, 1.165) is 13.0 Å². The van der Waals surface area contributed by atoms with Gasteiger partial charge in [-0.15, -0.1) is 12.1 Å². The van der Waals surface area contributed by atoms with Gasteiger partial charge in [0.2, 0.25) is 0 Å². The minimum Gasteiger partial charge on any atom is -0.343 e. The van der Waals surface area contributed by atoms with Crippen molar-refractivity contribution >= 4 is 0 Å². The van der Waals surface area contributed by atoms with E-state index in [1.54, 1.807) is 0 Å². The number of piperidine rings is 1. The molecular formula is C17H27LiN-. The van der Waals surface area contributed by atoms with Crippen LogP contribution in [0.2, 0.25) is 0 Å². The predicted octanol–water partition coefficient (Wildman–Crippen LogP) is 1.35. The molecule has 1 fully saturated rings. The molecule has 0 aromatic heterocycles. The summed E-state index contributed by atoms with van der Waals surface area (Å²) in [5.74, 6) is 0. The van der Waals surface area contributed by atoms with Gasteiger partial charge in [0.15, 0.2) is 0 Å². The van der Waals surface area contributed by atoms with Crippen LogP contribution in [-0.2, 0) is 0 Å². The molecule has 0 unspecified atom stereocenters. The minimum absolute atomic E-state index is 0. The second-order valence-electron chi connectivity index (χ2n) is 4.83. The Morgan fingerprint density at radius 3 is 2.21 bits per heavy atom. The minimum atomic E-state index is 0. The second-order valence-corrected chi connectivity index (χ2v) is 4.83. The first-order chi connectivity index (χ1) is 8.86. The van der Waals surface area contributed by atoms with Gasteiger partial charge in [-0.3, -0.25) is 0 Å². The summed E-state index contributed by atoms with van der Waals surface area (Å²) in [5, 5.41) is 0. The third kappa shape index (κ3) is 9.22. The van der Waals surface area contributed by atoms with E-state index in [1.807, 2.05) is 0 Å². The van der Waals surface area contributed by atoms with Crippen molar-refractivity contribution in [3.05, 3.63) is 49.2 Å². The molecule has 0 radical (unpaired) electrons. The van der Waals surface area contributed by atoms with Gasteiger partial charge >= 0.3 is 18.9 Å². The average Bonchev–Trinajstić information content (AvgIpc) is 2.47. The van der Waals surface area contributed by atoms with E-state index in [4.69, 9.17) is 0 Å². The fraction of sp³-hybridized carbons (Fsp3) is 0.529. The van der Waals surface area contributed by atoms with E-state index in [-0.39, 0.29) is 18.9 Å². The van der Waals surface area contributed by atoms with Crippen LogP contribution < -0.4 is 18.9 Å². The zero-order valence-corrected chi connectivity index (χ0v) is 12.8. The summed E-state index contributed by atoms with van der Waals surface area (Å²) in [6, 6.07) is 10.6. The molecule has 0 aliphatic carbocycles. The molecular weight excluding hydrogens is 225 g/mol. The molecule has 1 aromatic rings. The van der Waals surface area contributed by atoms with E-state index < -0.39 is 0 Å². The van der Waals surface area contributed by atoms with Crippen LogP contribution in [0.4, 0.5) is 0 Å². The van der Waals surface area contributed by atoms with Gasteiger partial charge in [-0.1, -0.05) is 25.8 Å². The fourth-order valence-corrected chi connectivity index (χ4v) is 1.97. The number of likely N-dealkylation sites (tertiary alicyclic amines) is 1. The molecule has 1 heterocycles. The normalized spacial score (nSPS) is 14.8. The van der Waals surface area contributed by atoms with Gasteiger partial charge in [-0.2, -0.15) is 30.5 Å². The standard InChI is InChI=1S/C13H18N.C4H9.Li/c1-3-7-13(8-4-1)9-12-14-10-5-2-6-11-14;1-3-4-2;/h1,3-4,7-9H,2,5-6,10-12H2;1,3-4H2,2H3;/q2*-1;+1. The maximum absolute atomic E-state index is 3.60. The molecule has 1 aliphatic heterocycles. The van der Waals surface area contributed by atoms with E-state index in [9.17, 15) is 0 Å². The van der Waals surface area contributed by atoms with Crippen LogP contribution in [0, 0.1) is 13.3 Å². The molecule has 0 N–H and O–H groups in total. The van der Waals surface area contributed by atoms with Crippen LogP contribution in [0.5, 0.6) is 0 Å². The zero-order valence-electron chi connectivity index (χ0n) is 12.8. The molecule has 2 heteroatoms. The molecule has 1 aliphatic rings. The van der Waals surface area contributed by atoms with Gasteiger partial charge in [0.1, 0.15) is 0 Å². The summed E-state index contributed by atoms with van der Waals surface area (Å²) in [6.45, 7) is 9.40. The van der Waals surface area contributed by atoms with E-state index in [2.05, 4.69) is 55.5 Å². The first kappa shape index (κ1) is 18.6. The molecule has 0 atom stereocenters. The SMILES string of the molecule is [CH2-]CCC.[Li+].c1ccc([CH-]CN2CCCCC2)cc1. The molecule has 1 aromatic carbocycles. The van der Waals surface area contributed by atoms with Crippen LogP contribution in [-0.4, -0.2) is 24.5 Å². The predicted molar refractivity (Wildman–Crippen MR) is 80.4 cm³/mol. The number of unbranched alkanes of at least 4 members (excludes halogenated alkanes) is 1. The summed E-state index contributed by atoms with van der Waals surface area (Å²) in [4.78, 5) is 2.54. The van der Waals surface area contributed by atoms with Crippen molar-refractivity contribution in [2.24, 2.45) is 0 Å². The number of hydrogen-bond donors (Lipinski definition) is 0. The fourth-order valence-electron chi connectivity index (χ4n) is 1.97. The molecule has 19 heavy (non-hydrogen) atoms. The van der Waals surface area contributed by atoms with Crippen LogP contribution >= 0.6 is 0 Å². The summed E-state index contributed by atoms with van der Waals surface area (Å²) in [7, 11) is 0. The third-order valence-electron chi connectivity index (χ3n) is 3.19. The molecule has 2 rings (SSSR count). The van der Waals surface area contributed by atoms with Crippen LogP contribution in [0.3, 0.4) is 0 Å². The molecule has 0 amide bonds. The largest absolute Gasteiger partial charge is 1.00 e. The Balaban J connectivity index is 0.000000576. The van der Waals surface area contributed by atoms with Gasteiger partial charge < -0.3 is 11.8 Å². The van der Waals surface area contributed by atoms with Crippen LogP contribution in [0.25, 0.3) is 0 Å². The summed E-state index contributed by atoms with van der Waals surface area (Å²) >= 11 is 0. The number of nitrogens with zero attached hydrogens (tertiary/aromatic N) is 1. The number of benzene rings is 1. The van der Waals surface area contributed by atoms with Gasteiger partial charge in [0.25, 0.3) is 0 Å². The van der Waals surface area contributed by atoms with Crippen molar-refractivity contribution < 1.29 is 18.9 Å². The quantitative estimate of drug-likeness (QED) is 0.577. The summed E-state index contributed by atoms with van der Waals surface area (Å²) < 4.78 is 0. The molecule has 0 bridgehead atoms. The first-order valence-electron chi connectivity index (χ1n) is 7.26. The summed E-state index contributed by atoms with van der Waals surface area (Å²) in [6.07, 6.45) is 8.78. The Morgan fingerprint density at radius 2 is 1.68 bits per heavy atom. The molecule has 1 saturated heterocycles. The Bertz CT molecular complexity index is 279. The molecule has 0 saturated carbocycles. The van der Waals surface area contributed by atoms with Gasteiger partial charge in [-0.25, -0.2) is 0 Å². The first-order valence-corrected chi connectivity index (χ1v) is 7.26. The third-order valence-corrected chi connectivity index (χ3v) is 3.19. The summed E-state index contributed by atoms with van der Waals surface area (Å²) in [5.41, 5.74) is 1.35. The van der Waals surface area contributed by atoms with Crippen LogP contribution in [0.1, 0.15) is 44.6 Å². The number of hydrogen-bond acceptors (Lipinski definition) is 1. The van der Waals surface area contributed by atoms with Crippen molar-refractivity contribution in [3.8, 4) is 0 Å². The molecule has 1 nitrogen and oxygen atoms in total. The Hall–Kier alpha value is -0.353. The van der Waals surface area contributed by atoms with E-state index in [0.29, 0.717) is 0 Å². The average molecular weight is 252 g/mol. The van der Waals surface area contributed by atoms with Crippen molar-refractivity contribution in [2.75, 3.05) is 19.6 Å². The monoisotopic (exact) mass is 252 g/mol. The molecule has 102 valence electrons. The Kier molecular flexibility index (Phi) is 12.4. The number of rotatable bonds is 4. The second kappa shape index (κ2) is 12.7. The Labute approximate surface area is 132 Å². The van der Waals surface area contributed by atoms with Crippen molar-refractivity contribution in [2.45, 2.75) is 39.0 Å². The van der Waals surface area contributed by atoms with Gasteiger partial charge in [0, 0.05) is 0 Å². The van der Waals surface area contributed by atoms with Crippen molar-refractivity contribution in [1.82, 2.24) is 4.90 Å². The van der Waals surface area contributed by atoms with Crippen molar-refractivity contribution in [1.29, 1.82) is 0 Å². The van der Waals surface area contributed by atoms with Gasteiger partial charge in [-0.05, 0) is 32.5 Å².